The predicted molar refractivity (Wildman–Crippen MR) is 56.6 cm³/mol. The van der Waals surface area contributed by atoms with Crippen LogP contribution in [-0.4, -0.2) is 16.0 Å². The Hall–Kier alpha value is -0.740. The second-order valence-electron chi connectivity index (χ2n) is 4.16. The third kappa shape index (κ3) is 1.62. The van der Waals surface area contributed by atoms with E-state index >= 15 is 0 Å². The van der Waals surface area contributed by atoms with Crippen LogP contribution in [0.15, 0.2) is 23.1 Å². The molecule has 1 saturated carbocycles. The summed E-state index contributed by atoms with van der Waals surface area (Å²) in [4.78, 5) is 0.413. The van der Waals surface area contributed by atoms with E-state index in [9.17, 15) is 8.60 Å². The molecule has 0 amide bonds. The molecule has 0 spiro atoms. The normalized spacial score (nSPS) is 29.1. The van der Waals surface area contributed by atoms with Gasteiger partial charge in [0.15, 0.2) is 0 Å². The molecule has 1 aliphatic heterocycles. The van der Waals surface area contributed by atoms with Crippen molar-refractivity contribution in [2.75, 3.05) is 5.75 Å². The maximum atomic E-state index is 13.4. The quantitative estimate of drug-likeness (QED) is 0.830. The summed E-state index contributed by atoms with van der Waals surface area (Å²) in [5.74, 6) is 0.193. The van der Waals surface area contributed by atoms with Crippen LogP contribution in [-0.2, 0) is 10.8 Å². The van der Waals surface area contributed by atoms with Gasteiger partial charge < -0.3 is 5.32 Å². The van der Waals surface area contributed by atoms with Crippen molar-refractivity contribution in [1.29, 1.82) is 0 Å². The first kappa shape index (κ1) is 9.48. The number of nitrogens with one attached hydrogen (secondary N) is 1. The van der Waals surface area contributed by atoms with E-state index in [0.717, 1.165) is 5.56 Å². The third-order valence-electron chi connectivity index (χ3n) is 2.93. The van der Waals surface area contributed by atoms with Gasteiger partial charge in [0.05, 0.1) is 15.7 Å². The maximum Gasteiger partial charge on any atom is 0.139 e. The lowest BCUT2D eigenvalue weighted by Crippen LogP contribution is -2.23. The Balaban J connectivity index is 1.97. The van der Waals surface area contributed by atoms with Gasteiger partial charge in [-0.1, -0.05) is 12.1 Å². The van der Waals surface area contributed by atoms with Crippen LogP contribution in [0.3, 0.4) is 0 Å². The van der Waals surface area contributed by atoms with Crippen LogP contribution in [0, 0.1) is 5.82 Å². The van der Waals surface area contributed by atoms with E-state index in [4.69, 9.17) is 0 Å². The lowest BCUT2D eigenvalue weighted by Gasteiger charge is -2.11. The van der Waals surface area contributed by atoms with Crippen molar-refractivity contribution in [1.82, 2.24) is 5.32 Å². The molecular weight excluding hydrogens is 213 g/mol. The van der Waals surface area contributed by atoms with Crippen LogP contribution in [0.5, 0.6) is 0 Å². The van der Waals surface area contributed by atoms with Crippen molar-refractivity contribution in [3.8, 4) is 0 Å². The molecule has 15 heavy (non-hydrogen) atoms. The van der Waals surface area contributed by atoms with Gasteiger partial charge in [0.1, 0.15) is 5.82 Å². The van der Waals surface area contributed by atoms with Gasteiger partial charge in [-0.3, -0.25) is 4.21 Å². The number of rotatable bonds is 2. The molecule has 1 fully saturated rings. The highest BCUT2D eigenvalue weighted by molar-refractivity contribution is 7.85. The van der Waals surface area contributed by atoms with Crippen LogP contribution in [0.4, 0.5) is 4.39 Å². The van der Waals surface area contributed by atoms with Gasteiger partial charge in [-0.15, -0.1) is 0 Å². The minimum atomic E-state index is -1.17. The van der Waals surface area contributed by atoms with E-state index in [1.807, 2.05) is 6.07 Å². The molecule has 1 N–H and O–H groups in total. The average Bonchev–Trinajstić information content (AvgIpc) is 2.94. The number of hydrogen-bond donors (Lipinski definition) is 1. The molecular formula is C11H12FNOS. The highest BCUT2D eigenvalue weighted by Crippen LogP contribution is 2.34. The maximum absolute atomic E-state index is 13.4. The molecule has 0 radical (unpaired) electrons. The second kappa shape index (κ2) is 3.39. The zero-order chi connectivity index (χ0) is 10.4. The van der Waals surface area contributed by atoms with Gasteiger partial charge in [0.25, 0.3) is 0 Å². The number of benzene rings is 1. The lowest BCUT2D eigenvalue weighted by atomic mass is 10.1. The summed E-state index contributed by atoms with van der Waals surface area (Å²) >= 11 is 0. The zero-order valence-corrected chi connectivity index (χ0v) is 9.02. The van der Waals surface area contributed by atoms with Crippen molar-refractivity contribution in [2.24, 2.45) is 0 Å². The molecule has 4 heteroatoms. The third-order valence-corrected chi connectivity index (χ3v) is 4.45. The topological polar surface area (TPSA) is 29.1 Å². The van der Waals surface area contributed by atoms with Gasteiger partial charge in [0.2, 0.25) is 0 Å². The second-order valence-corrected chi connectivity index (χ2v) is 5.60. The summed E-state index contributed by atoms with van der Waals surface area (Å²) in [5.41, 5.74) is 0.889. The molecule has 1 aromatic rings. The van der Waals surface area contributed by atoms with Crippen molar-refractivity contribution >= 4 is 10.8 Å². The van der Waals surface area contributed by atoms with Gasteiger partial charge in [-0.25, -0.2) is 4.39 Å². The van der Waals surface area contributed by atoms with Crippen LogP contribution < -0.4 is 5.32 Å². The Kier molecular flexibility index (Phi) is 2.14. The summed E-state index contributed by atoms with van der Waals surface area (Å²) in [6.45, 7) is 0. The van der Waals surface area contributed by atoms with Gasteiger partial charge in [-0.05, 0) is 24.5 Å². The molecule has 0 bridgehead atoms. The Bertz CT molecular complexity index is 431. The molecule has 80 valence electrons. The first-order valence-corrected chi connectivity index (χ1v) is 6.50. The summed E-state index contributed by atoms with van der Waals surface area (Å²) in [6, 6.07) is 5.60. The predicted octanol–water partition coefficient (Wildman–Crippen LogP) is 1.74. The Labute approximate surface area is 90.3 Å². The smallest absolute Gasteiger partial charge is 0.139 e. The first-order chi connectivity index (χ1) is 7.25. The molecule has 2 atom stereocenters. The molecule has 0 aromatic heterocycles. The van der Waals surface area contributed by atoms with Crippen molar-refractivity contribution in [3.63, 3.8) is 0 Å². The first-order valence-electron chi connectivity index (χ1n) is 5.18. The highest BCUT2D eigenvalue weighted by Gasteiger charge is 2.34. The van der Waals surface area contributed by atoms with E-state index in [-0.39, 0.29) is 11.9 Å². The van der Waals surface area contributed by atoms with Gasteiger partial charge >= 0.3 is 0 Å². The van der Waals surface area contributed by atoms with E-state index in [0.29, 0.717) is 16.7 Å². The highest BCUT2D eigenvalue weighted by atomic mass is 32.2. The molecule has 1 aromatic carbocycles. The number of fused-ring (bicyclic) bond motifs is 1. The van der Waals surface area contributed by atoms with Crippen molar-refractivity contribution in [3.05, 3.63) is 29.6 Å². The largest absolute Gasteiger partial charge is 0.306 e. The van der Waals surface area contributed by atoms with Crippen LogP contribution >= 0.6 is 0 Å². The summed E-state index contributed by atoms with van der Waals surface area (Å²) in [6.07, 6.45) is 2.38. The fourth-order valence-corrected chi connectivity index (χ4v) is 3.54. The minimum absolute atomic E-state index is 0.0871. The van der Waals surface area contributed by atoms with Crippen molar-refractivity contribution < 1.29 is 8.60 Å². The molecule has 0 saturated heterocycles. The zero-order valence-electron chi connectivity index (χ0n) is 8.20. The van der Waals surface area contributed by atoms with E-state index in [1.54, 1.807) is 6.07 Å². The monoisotopic (exact) mass is 225 g/mol. The van der Waals surface area contributed by atoms with Crippen LogP contribution in [0.1, 0.15) is 24.4 Å². The fraction of sp³-hybridized carbons (Fsp3) is 0.455. The lowest BCUT2D eigenvalue weighted by molar-refractivity contribution is 0.560. The molecule has 2 aliphatic rings. The molecule has 2 nitrogen and oxygen atoms in total. The fourth-order valence-electron chi connectivity index (χ4n) is 2.04. The van der Waals surface area contributed by atoms with Crippen LogP contribution in [0.25, 0.3) is 0 Å². The van der Waals surface area contributed by atoms with E-state index < -0.39 is 10.8 Å². The Morgan fingerprint density at radius 3 is 2.93 bits per heavy atom. The standard InChI is InChI=1S/C11H12FNOS/c12-9-3-1-2-8-10(13-7-4-5-7)6-15(14)11(8)9/h1-3,7,10,13H,4-6H2. The Morgan fingerprint density at radius 1 is 1.40 bits per heavy atom. The molecule has 3 rings (SSSR count). The van der Waals surface area contributed by atoms with Gasteiger partial charge in [0, 0.05) is 17.8 Å². The molecule has 1 heterocycles. The van der Waals surface area contributed by atoms with Gasteiger partial charge in [-0.2, -0.15) is 0 Å². The van der Waals surface area contributed by atoms with E-state index in [1.165, 1.54) is 18.9 Å². The summed E-state index contributed by atoms with van der Waals surface area (Å²) in [5, 5.41) is 3.41. The van der Waals surface area contributed by atoms with E-state index in [2.05, 4.69) is 5.32 Å². The number of halogens is 1. The molecule has 1 aliphatic carbocycles. The SMILES string of the molecule is O=S1CC(NC2CC2)c2cccc(F)c21. The summed E-state index contributed by atoms with van der Waals surface area (Å²) in [7, 11) is -1.17. The minimum Gasteiger partial charge on any atom is -0.306 e. The van der Waals surface area contributed by atoms with Crippen LogP contribution in [0.2, 0.25) is 0 Å². The summed E-state index contributed by atoms with van der Waals surface area (Å²) < 4.78 is 25.2. The molecule has 2 unspecified atom stereocenters. The average molecular weight is 225 g/mol. The number of hydrogen-bond acceptors (Lipinski definition) is 2. The van der Waals surface area contributed by atoms with Crippen molar-refractivity contribution in [2.45, 2.75) is 29.8 Å². The Morgan fingerprint density at radius 2 is 2.20 bits per heavy atom.